The molecule has 1 aliphatic heterocycles. The van der Waals surface area contributed by atoms with Gasteiger partial charge in [-0.2, -0.15) is 0 Å². The molecular formula is C22H25ClN2O2. The van der Waals surface area contributed by atoms with Crippen molar-refractivity contribution in [3.05, 3.63) is 64.7 Å². The first kappa shape index (κ1) is 19.4. The number of aryl methyl sites for hydroxylation is 1. The van der Waals surface area contributed by atoms with E-state index >= 15 is 0 Å². The van der Waals surface area contributed by atoms with E-state index in [1.165, 1.54) is 5.56 Å². The van der Waals surface area contributed by atoms with Gasteiger partial charge in [0.05, 0.1) is 0 Å². The first-order valence-electron chi connectivity index (χ1n) is 9.43. The average molecular weight is 385 g/mol. The summed E-state index contributed by atoms with van der Waals surface area (Å²) in [5, 5.41) is 0.703. The summed E-state index contributed by atoms with van der Waals surface area (Å²) in [6.07, 6.45) is 3.09. The zero-order chi connectivity index (χ0) is 19.2. The first-order chi connectivity index (χ1) is 13.0. The molecule has 4 nitrogen and oxygen atoms in total. The van der Waals surface area contributed by atoms with E-state index < -0.39 is 0 Å². The van der Waals surface area contributed by atoms with Crippen LogP contribution in [0.15, 0.2) is 48.5 Å². The van der Waals surface area contributed by atoms with Gasteiger partial charge in [0.2, 0.25) is 11.8 Å². The molecule has 2 aromatic rings. The van der Waals surface area contributed by atoms with Gasteiger partial charge < -0.3 is 9.80 Å². The molecule has 1 aliphatic rings. The van der Waals surface area contributed by atoms with Crippen LogP contribution in [0.2, 0.25) is 5.02 Å². The zero-order valence-electron chi connectivity index (χ0n) is 15.7. The molecule has 0 aliphatic carbocycles. The van der Waals surface area contributed by atoms with Gasteiger partial charge in [-0.3, -0.25) is 9.59 Å². The van der Waals surface area contributed by atoms with Crippen molar-refractivity contribution in [1.82, 2.24) is 4.90 Å². The first-order valence-corrected chi connectivity index (χ1v) is 9.80. The number of rotatable bonds is 6. The molecule has 1 heterocycles. The Labute approximate surface area is 165 Å². The van der Waals surface area contributed by atoms with Gasteiger partial charge in [0.15, 0.2) is 0 Å². The van der Waals surface area contributed by atoms with E-state index in [9.17, 15) is 9.59 Å². The Kier molecular flexibility index (Phi) is 6.51. The third-order valence-corrected chi connectivity index (χ3v) is 5.29. The molecule has 0 radical (unpaired) electrons. The van der Waals surface area contributed by atoms with Gasteiger partial charge >= 0.3 is 0 Å². The van der Waals surface area contributed by atoms with Gasteiger partial charge in [0, 0.05) is 43.7 Å². The van der Waals surface area contributed by atoms with E-state index in [-0.39, 0.29) is 11.8 Å². The second-order valence-corrected chi connectivity index (χ2v) is 7.35. The van der Waals surface area contributed by atoms with Crippen molar-refractivity contribution in [2.45, 2.75) is 32.6 Å². The molecule has 2 aromatic carbocycles. The number of carbonyl (C=O) groups excluding carboxylic acids is 2. The fourth-order valence-electron chi connectivity index (χ4n) is 3.50. The zero-order valence-corrected chi connectivity index (χ0v) is 16.4. The Morgan fingerprint density at radius 2 is 1.81 bits per heavy atom. The van der Waals surface area contributed by atoms with E-state index in [0.29, 0.717) is 24.5 Å². The van der Waals surface area contributed by atoms with Crippen molar-refractivity contribution in [3.8, 4) is 0 Å². The van der Waals surface area contributed by atoms with Gasteiger partial charge in [0.1, 0.15) is 0 Å². The van der Waals surface area contributed by atoms with Gasteiger partial charge in [0.25, 0.3) is 0 Å². The summed E-state index contributed by atoms with van der Waals surface area (Å²) in [6, 6.07) is 15.7. The van der Waals surface area contributed by atoms with Crippen LogP contribution in [-0.4, -0.2) is 36.3 Å². The van der Waals surface area contributed by atoms with Crippen LogP contribution in [-0.2, 0) is 22.4 Å². The number of fused-ring (bicyclic) bond motifs is 1. The van der Waals surface area contributed by atoms with Crippen LogP contribution in [0.4, 0.5) is 5.69 Å². The van der Waals surface area contributed by atoms with Crippen molar-refractivity contribution in [2.75, 3.05) is 24.5 Å². The topological polar surface area (TPSA) is 40.6 Å². The highest BCUT2D eigenvalue weighted by Crippen LogP contribution is 2.27. The smallest absolute Gasteiger partial charge is 0.228 e. The van der Waals surface area contributed by atoms with Crippen LogP contribution in [0.25, 0.3) is 0 Å². The Morgan fingerprint density at radius 1 is 1.07 bits per heavy atom. The predicted molar refractivity (Wildman–Crippen MR) is 109 cm³/mol. The Hall–Kier alpha value is -2.33. The molecule has 5 heteroatoms. The maximum atomic E-state index is 12.8. The third-order valence-electron chi connectivity index (χ3n) is 5.04. The molecule has 0 saturated heterocycles. The summed E-state index contributed by atoms with van der Waals surface area (Å²) in [5.41, 5.74) is 3.37. The highest BCUT2D eigenvalue weighted by Gasteiger charge is 2.22. The minimum absolute atomic E-state index is 0.00388. The van der Waals surface area contributed by atoms with Crippen LogP contribution >= 0.6 is 11.6 Å². The predicted octanol–water partition coefficient (Wildman–Crippen LogP) is 4.10. The van der Waals surface area contributed by atoms with Crippen LogP contribution in [0.3, 0.4) is 0 Å². The standard InChI is InChI=1S/C22H25ClN2O2/c1-17(26)24(15-12-18-8-10-20(23)11-9-18)16-13-22(27)25-14-4-6-19-5-2-3-7-21(19)25/h2-3,5,7-11H,4,6,12-16H2,1H3. The van der Waals surface area contributed by atoms with Crippen LogP contribution in [0.1, 0.15) is 30.9 Å². The molecule has 0 atom stereocenters. The Bertz CT molecular complexity index is 804. The molecule has 0 saturated carbocycles. The highest BCUT2D eigenvalue weighted by molar-refractivity contribution is 6.30. The quantitative estimate of drug-likeness (QED) is 0.752. The Morgan fingerprint density at radius 3 is 2.56 bits per heavy atom. The molecule has 0 unspecified atom stereocenters. The van der Waals surface area contributed by atoms with E-state index in [4.69, 9.17) is 11.6 Å². The molecule has 0 N–H and O–H groups in total. The van der Waals surface area contributed by atoms with Gasteiger partial charge in [-0.1, -0.05) is 41.9 Å². The molecule has 0 aromatic heterocycles. The third kappa shape index (κ3) is 5.10. The van der Waals surface area contributed by atoms with Gasteiger partial charge in [-0.15, -0.1) is 0 Å². The number of nitrogens with zero attached hydrogens (tertiary/aromatic N) is 2. The minimum Gasteiger partial charge on any atom is -0.342 e. The summed E-state index contributed by atoms with van der Waals surface area (Å²) >= 11 is 5.91. The number of carbonyl (C=O) groups is 2. The maximum absolute atomic E-state index is 12.8. The fourth-order valence-corrected chi connectivity index (χ4v) is 3.63. The second kappa shape index (κ2) is 9.05. The largest absolute Gasteiger partial charge is 0.342 e. The van der Waals surface area contributed by atoms with Crippen molar-refractivity contribution in [2.24, 2.45) is 0 Å². The van der Waals surface area contributed by atoms with Gasteiger partial charge in [-0.25, -0.2) is 0 Å². The summed E-state index contributed by atoms with van der Waals surface area (Å²) in [5.74, 6) is 0.0794. The molecule has 0 fully saturated rings. The highest BCUT2D eigenvalue weighted by atomic mass is 35.5. The summed E-state index contributed by atoms with van der Waals surface area (Å²) in [4.78, 5) is 28.4. The summed E-state index contributed by atoms with van der Waals surface area (Å²) in [7, 11) is 0. The molecule has 142 valence electrons. The van der Waals surface area contributed by atoms with Crippen LogP contribution in [0.5, 0.6) is 0 Å². The Balaban J connectivity index is 1.57. The number of benzene rings is 2. The number of para-hydroxylation sites is 1. The van der Waals surface area contributed by atoms with E-state index in [1.807, 2.05) is 47.4 Å². The molecule has 0 bridgehead atoms. The van der Waals surface area contributed by atoms with Crippen LogP contribution in [0, 0.1) is 0 Å². The molecule has 0 spiro atoms. The number of hydrogen-bond donors (Lipinski definition) is 0. The normalized spacial score (nSPS) is 13.2. The summed E-state index contributed by atoms with van der Waals surface area (Å²) < 4.78 is 0. The molecular weight excluding hydrogens is 360 g/mol. The number of halogens is 1. The average Bonchev–Trinajstić information content (AvgIpc) is 2.68. The van der Waals surface area contributed by atoms with Gasteiger partial charge in [-0.05, 0) is 48.6 Å². The lowest BCUT2D eigenvalue weighted by atomic mass is 10.0. The molecule has 3 rings (SSSR count). The lowest BCUT2D eigenvalue weighted by molar-refractivity contribution is -0.129. The minimum atomic E-state index is -0.00388. The molecule has 2 amide bonds. The SMILES string of the molecule is CC(=O)N(CCC(=O)N1CCCc2ccccc21)CCc1ccc(Cl)cc1. The van der Waals surface area contributed by atoms with Crippen molar-refractivity contribution >= 4 is 29.1 Å². The lowest BCUT2D eigenvalue weighted by Gasteiger charge is -2.30. The van der Waals surface area contributed by atoms with E-state index in [1.54, 1.807) is 11.8 Å². The monoisotopic (exact) mass is 384 g/mol. The number of hydrogen-bond acceptors (Lipinski definition) is 2. The maximum Gasteiger partial charge on any atom is 0.228 e. The van der Waals surface area contributed by atoms with Crippen LogP contribution < -0.4 is 4.90 Å². The summed E-state index contributed by atoms with van der Waals surface area (Å²) in [6.45, 7) is 3.35. The van der Waals surface area contributed by atoms with Crippen molar-refractivity contribution in [1.29, 1.82) is 0 Å². The van der Waals surface area contributed by atoms with E-state index in [0.717, 1.165) is 37.1 Å². The van der Waals surface area contributed by atoms with E-state index in [2.05, 4.69) is 6.07 Å². The van der Waals surface area contributed by atoms with Crippen molar-refractivity contribution in [3.63, 3.8) is 0 Å². The lowest BCUT2D eigenvalue weighted by Crippen LogP contribution is -2.39. The molecule has 27 heavy (non-hydrogen) atoms. The number of amides is 2. The fraction of sp³-hybridized carbons (Fsp3) is 0.364. The second-order valence-electron chi connectivity index (χ2n) is 6.91. The number of anilines is 1. The van der Waals surface area contributed by atoms with Crippen molar-refractivity contribution < 1.29 is 9.59 Å².